The number of hydrogen-bond acceptors (Lipinski definition) is 4. The Morgan fingerprint density at radius 1 is 1.28 bits per heavy atom. The van der Waals surface area contributed by atoms with E-state index in [0.29, 0.717) is 6.54 Å². The molecule has 0 spiro atoms. The van der Waals surface area contributed by atoms with E-state index >= 15 is 0 Å². The lowest BCUT2D eigenvalue weighted by atomic mass is 10.1. The maximum atomic E-state index is 12.8. The summed E-state index contributed by atoms with van der Waals surface area (Å²) in [6, 6.07) is 8.16. The number of nitrogens with zero attached hydrogens (tertiary/aromatic N) is 6. The molecule has 3 aromatic rings. The van der Waals surface area contributed by atoms with Crippen LogP contribution < -0.4 is 0 Å². The fourth-order valence-electron chi connectivity index (χ4n) is 3.64. The number of piperidine rings is 1. The average molecular weight is 338 g/mol. The number of carbonyl (C=O) groups is 1. The molecule has 1 aromatic carbocycles. The summed E-state index contributed by atoms with van der Waals surface area (Å²) in [5.74, 6) is 1.80. The van der Waals surface area contributed by atoms with Gasteiger partial charge in [0.05, 0.1) is 17.8 Å². The first kappa shape index (κ1) is 15.8. The molecule has 130 valence electrons. The zero-order chi connectivity index (χ0) is 17.4. The Hall–Kier alpha value is -2.70. The predicted molar refractivity (Wildman–Crippen MR) is 94.1 cm³/mol. The minimum absolute atomic E-state index is 0.105. The Morgan fingerprint density at radius 2 is 2.12 bits per heavy atom. The molecule has 3 heterocycles. The van der Waals surface area contributed by atoms with Crippen LogP contribution in [0.1, 0.15) is 30.5 Å². The smallest absolute Gasteiger partial charge is 0.244 e. The lowest BCUT2D eigenvalue weighted by molar-refractivity contribution is -0.133. The summed E-state index contributed by atoms with van der Waals surface area (Å²) in [7, 11) is 0. The number of rotatable bonds is 3. The van der Waals surface area contributed by atoms with E-state index in [9.17, 15) is 4.79 Å². The number of fused-ring (bicyclic) bond motifs is 1. The molecule has 0 bridgehead atoms. The van der Waals surface area contributed by atoms with Gasteiger partial charge in [0.1, 0.15) is 18.2 Å². The summed E-state index contributed by atoms with van der Waals surface area (Å²) in [6.45, 7) is 5.62. The van der Waals surface area contributed by atoms with Crippen LogP contribution in [-0.2, 0) is 11.3 Å². The summed E-state index contributed by atoms with van der Waals surface area (Å²) in [5.41, 5.74) is 0.993. The van der Waals surface area contributed by atoms with E-state index in [0.717, 1.165) is 41.9 Å². The topological polar surface area (TPSA) is 68.8 Å². The zero-order valence-corrected chi connectivity index (χ0v) is 14.6. The van der Waals surface area contributed by atoms with E-state index < -0.39 is 0 Å². The van der Waals surface area contributed by atoms with Crippen LogP contribution in [0.3, 0.4) is 0 Å². The molecule has 0 unspecified atom stereocenters. The Labute approximate surface area is 146 Å². The monoisotopic (exact) mass is 338 g/mol. The highest BCUT2D eigenvalue weighted by Gasteiger charge is 2.27. The lowest BCUT2D eigenvalue weighted by Crippen LogP contribution is -2.42. The molecule has 1 aliphatic rings. The number of carbonyl (C=O) groups excluding carboxylic acids is 1. The van der Waals surface area contributed by atoms with Gasteiger partial charge in [0.2, 0.25) is 5.91 Å². The van der Waals surface area contributed by atoms with Gasteiger partial charge in [-0.3, -0.25) is 9.48 Å². The van der Waals surface area contributed by atoms with Gasteiger partial charge in [0.15, 0.2) is 0 Å². The summed E-state index contributed by atoms with van der Waals surface area (Å²) in [5, 5.41) is 9.92. The van der Waals surface area contributed by atoms with Crippen molar-refractivity contribution in [2.75, 3.05) is 13.1 Å². The van der Waals surface area contributed by atoms with Gasteiger partial charge in [-0.15, -0.1) is 0 Å². The quantitative estimate of drug-likeness (QED) is 0.733. The molecule has 7 heteroatoms. The molecule has 2 aromatic heterocycles. The molecule has 0 aliphatic carbocycles. The molecule has 1 aliphatic heterocycles. The average Bonchev–Trinajstić information content (AvgIpc) is 3.18. The van der Waals surface area contributed by atoms with Gasteiger partial charge < -0.3 is 4.90 Å². The van der Waals surface area contributed by atoms with Gasteiger partial charge in [-0.05, 0) is 32.8 Å². The number of hydrogen-bond donors (Lipinski definition) is 0. The van der Waals surface area contributed by atoms with Crippen molar-refractivity contribution in [3.63, 3.8) is 0 Å². The first-order valence-electron chi connectivity index (χ1n) is 8.70. The predicted octanol–water partition coefficient (Wildman–Crippen LogP) is 2.11. The maximum Gasteiger partial charge on any atom is 0.244 e. The van der Waals surface area contributed by atoms with Crippen molar-refractivity contribution in [1.82, 2.24) is 29.4 Å². The Balaban J connectivity index is 1.49. The minimum Gasteiger partial charge on any atom is -0.339 e. The first-order valence-corrected chi connectivity index (χ1v) is 8.70. The third kappa shape index (κ3) is 3.01. The minimum atomic E-state index is 0.105. The van der Waals surface area contributed by atoms with Crippen molar-refractivity contribution >= 4 is 16.8 Å². The highest BCUT2D eigenvalue weighted by molar-refractivity contribution is 5.82. The van der Waals surface area contributed by atoms with Crippen molar-refractivity contribution < 1.29 is 4.79 Å². The van der Waals surface area contributed by atoms with Crippen molar-refractivity contribution in [2.45, 2.75) is 39.3 Å². The molecule has 0 radical (unpaired) electrons. The van der Waals surface area contributed by atoms with Gasteiger partial charge in [0.25, 0.3) is 0 Å². The van der Waals surface area contributed by atoms with Gasteiger partial charge in [-0.25, -0.2) is 9.67 Å². The lowest BCUT2D eigenvalue weighted by Gasteiger charge is -2.33. The first-order chi connectivity index (χ1) is 12.1. The molecular formula is C18H22N6O. The number of benzene rings is 1. The normalized spacial score (nSPS) is 18.0. The Bertz CT molecular complexity index is 911. The van der Waals surface area contributed by atoms with E-state index in [2.05, 4.69) is 15.2 Å². The standard InChI is InChI=1S/C18H22N6O/c1-13-20-14(2)24(21-13)16-7-5-9-22(11-16)18(25)12-23-17-8-4-3-6-15(17)10-19-23/h3-4,6,8,10,16H,5,7,9,11-12H2,1-2H3/t16-/m1/s1. The zero-order valence-electron chi connectivity index (χ0n) is 14.6. The number of amides is 1. The van der Waals surface area contributed by atoms with E-state index in [1.807, 2.05) is 53.9 Å². The second-order valence-corrected chi connectivity index (χ2v) is 6.65. The van der Waals surface area contributed by atoms with Crippen LogP contribution in [0.2, 0.25) is 0 Å². The van der Waals surface area contributed by atoms with Crippen LogP contribution in [0.5, 0.6) is 0 Å². The van der Waals surface area contributed by atoms with Crippen molar-refractivity contribution in [3.8, 4) is 0 Å². The van der Waals surface area contributed by atoms with Crippen molar-refractivity contribution in [1.29, 1.82) is 0 Å². The molecule has 4 rings (SSSR count). The second kappa shape index (κ2) is 6.31. The molecule has 7 nitrogen and oxygen atoms in total. The third-order valence-corrected chi connectivity index (χ3v) is 4.84. The van der Waals surface area contributed by atoms with E-state index in [-0.39, 0.29) is 18.5 Å². The Kier molecular flexibility index (Phi) is 3.99. The summed E-state index contributed by atoms with van der Waals surface area (Å²) >= 11 is 0. The highest BCUT2D eigenvalue weighted by atomic mass is 16.2. The highest BCUT2D eigenvalue weighted by Crippen LogP contribution is 2.22. The van der Waals surface area contributed by atoms with E-state index in [1.165, 1.54) is 0 Å². The second-order valence-electron chi connectivity index (χ2n) is 6.65. The van der Waals surface area contributed by atoms with Crippen LogP contribution in [-0.4, -0.2) is 48.4 Å². The molecule has 0 saturated carbocycles. The number of aromatic nitrogens is 5. The van der Waals surface area contributed by atoms with E-state index in [4.69, 9.17) is 0 Å². The molecule has 1 amide bonds. The van der Waals surface area contributed by atoms with Crippen LogP contribution >= 0.6 is 0 Å². The van der Waals surface area contributed by atoms with Gasteiger partial charge >= 0.3 is 0 Å². The number of likely N-dealkylation sites (tertiary alicyclic amines) is 1. The van der Waals surface area contributed by atoms with Crippen LogP contribution in [0.25, 0.3) is 10.9 Å². The SMILES string of the molecule is Cc1nc(C)n([C@@H]2CCCN(C(=O)Cn3ncc4ccccc43)C2)n1. The molecule has 0 N–H and O–H groups in total. The largest absolute Gasteiger partial charge is 0.339 e. The maximum absolute atomic E-state index is 12.8. The summed E-state index contributed by atoms with van der Waals surface area (Å²) in [6.07, 6.45) is 3.82. The fourth-order valence-corrected chi connectivity index (χ4v) is 3.64. The molecule has 1 saturated heterocycles. The third-order valence-electron chi connectivity index (χ3n) is 4.84. The Morgan fingerprint density at radius 3 is 2.92 bits per heavy atom. The number of aryl methyl sites for hydroxylation is 2. The van der Waals surface area contributed by atoms with Gasteiger partial charge in [-0.1, -0.05) is 18.2 Å². The molecule has 25 heavy (non-hydrogen) atoms. The molecule has 1 atom stereocenters. The van der Waals surface area contributed by atoms with E-state index in [1.54, 1.807) is 4.68 Å². The van der Waals surface area contributed by atoms with Crippen LogP contribution in [0.4, 0.5) is 0 Å². The van der Waals surface area contributed by atoms with Crippen molar-refractivity contribution in [3.05, 3.63) is 42.1 Å². The van der Waals surface area contributed by atoms with Gasteiger partial charge in [0, 0.05) is 18.5 Å². The molecule has 1 fully saturated rings. The fraction of sp³-hybridized carbons (Fsp3) is 0.444. The van der Waals surface area contributed by atoms with Crippen molar-refractivity contribution in [2.24, 2.45) is 0 Å². The van der Waals surface area contributed by atoms with Crippen LogP contribution in [0.15, 0.2) is 30.5 Å². The number of para-hydroxylation sites is 1. The van der Waals surface area contributed by atoms with Crippen LogP contribution in [0, 0.1) is 13.8 Å². The summed E-state index contributed by atoms with van der Waals surface area (Å²) in [4.78, 5) is 19.1. The van der Waals surface area contributed by atoms with Gasteiger partial charge in [-0.2, -0.15) is 10.2 Å². The molecular weight excluding hydrogens is 316 g/mol. The summed E-state index contributed by atoms with van der Waals surface area (Å²) < 4.78 is 3.75.